The van der Waals surface area contributed by atoms with Gasteiger partial charge in [-0.25, -0.2) is 9.78 Å². The van der Waals surface area contributed by atoms with Gasteiger partial charge in [-0.05, 0) is 87.4 Å². The molecule has 0 saturated heterocycles. The maximum absolute atomic E-state index is 14.1. The van der Waals surface area contributed by atoms with Crippen molar-refractivity contribution >= 4 is 17.7 Å². The van der Waals surface area contributed by atoms with Gasteiger partial charge < -0.3 is 15.0 Å². The lowest BCUT2D eigenvalue weighted by atomic mass is 9.95. The molecule has 2 aliphatic carbocycles. The molecule has 0 spiro atoms. The summed E-state index contributed by atoms with van der Waals surface area (Å²) < 4.78 is 19.5. The molecule has 0 aliphatic heterocycles. The van der Waals surface area contributed by atoms with Gasteiger partial charge >= 0.3 is 6.09 Å². The van der Waals surface area contributed by atoms with Gasteiger partial charge in [0, 0.05) is 29.8 Å². The van der Waals surface area contributed by atoms with Gasteiger partial charge in [-0.15, -0.1) is 0 Å². The molecule has 2 aromatic carbocycles. The molecular formula is C35H42FN3O3. The highest BCUT2D eigenvalue weighted by Crippen LogP contribution is 2.48. The molecule has 2 saturated carbocycles. The minimum absolute atomic E-state index is 0.0278. The lowest BCUT2D eigenvalue weighted by Gasteiger charge is -2.37. The summed E-state index contributed by atoms with van der Waals surface area (Å²) in [6, 6.07) is 21.4. The molecule has 5 rings (SSSR count). The van der Waals surface area contributed by atoms with Crippen LogP contribution in [0.15, 0.2) is 66.7 Å². The number of nitrogens with one attached hydrogen (secondary N) is 1. The van der Waals surface area contributed by atoms with Crippen LogP contribution in [0.4, 0.5) is 14.9 Å². The van der Waals surface area contributed by atoms with Gasteiger partial charge in [0.25, 0.3) is 0 Å². The van der Waals surface area contributed by atoms with Crippen molar-refractivity contribution in [2.75, 3.05) is 11.4 Å². The highest BCUT2D eigenvalue weighted by atomic mass is 19.1. The fourth-order valence-corrected chi connectivity index (χ4v) is 6.11. The number of pyridine rings is 1. The first-order chi connectivity index (χ1) is 20.1. The van der Waals surface area contributed by atoms with E-state index in [0.717, 1.165) is 55.3 Å². The van der Waals surface area contributed by atoms with Gasteiger partial charge in [0.05, 0.1) is 5.54 Å². The number of alkyl carbamates (subject to hydrolysis) is 1. The van der Waals surface area contributed by atoms with Crippen LogP contribution in [0.5, 0.6) is 0 Å². The van der Waals surface area contributed by atoms with E-state index in [-0.39, 0.29) is 17.7 Å². The maximum atomic E-state index is 14.1. The van der Waals surface area contributed by atoms with Gasteiger partial charge in [0.15, 0.2) is 0 Å². The molecule has 1 aromatic heterocycles. The Morgan fingerprint density at radius 2 is 1.64 bits per heavy atom. The largest absolute Gasteiger partial charge is 0.444 e. The molecule has 2 atom stereocenters. The summed E-state index contributed by atoms with van der Waals surface area (Å²) in [6.45, 7) is 8.05. The number of carbonyl (C=O) groups excluding carboxylic acids is 2. The number of ether oxygens (including phenoxy) is 1. The van der Waals surface area contributed by atoms with Crippen LogP contribution in [0.2, 0.25) is 0 Å². The van der Waals surface area contributed by atoms with Crippen LogP contribution in [0.1, 0.15) is 83.4 Å². The van der Waals surface area contributed by atoms with Gasteiger partial charge in [-0.1, -0.05) is 68.7 Å². The molecule has 3 aromatic rings. The summed E-state index contributed by atoms with van der Waals surface area (Å²) in [4.78, 5) is 32.9. The molecule has 1 N–H and O–H groups in total. The van der Waals surface area contributed by atoms with Crippen LogP contribution in [0, 0.1) is 11.9 Å². The van der Waals surface area contributed by atoms with Crippen LogP contribution in [0.25, 0.3) is 11.1 Å². The van der Waals surface area contributed by atoms with Crippen LogP contribution in [0.3, 0.4) is 0 Å². The third-order valence-electron chi connectivity index (χ3n) is 8.28. The lowest BCUT2D eigenvalue weighted by molar-refractivity contribution is -0.120. The maximum Gasteiger partial charge on any atom is 0.408 e. The van der Waals surface area contributed by atoms with Gasteiger partial charge in [0.1, 0.15) is 5.60 Å². The van der Waals surface area contributed by atoms with E-state index in [1.807, 2.05) is 49.9 Å². The second-order valence-corrected chi connectivity index (χ2v) is 12.9. The number of aryl methyl sites for hydroxylation is 1. The summed E-state index contributed by atoms with van der Waals surface area (Å²) >= 11 is 0. The molecule has 2 aliphatic rings. The summed E-state index contributed by atoms with van der Waals surface area (Å²) in [6.07, 6.45) is 5.78. The molecule has 6 nitrogen and oxygen atoms in total. The Morgan fingerprint density at radius 3 is 2.24 bits per heavy atom. The Bertz CT molecular complexity index is 1390. The standard InChI is InChI=1S/C35H42FN3O3/c1-5-9-24-12-14-25(15-13-24)26-16-18-27(19-17-26)39(32(40)29-22-28(29)30-10-8-11-31(36)37-30)23-35(20-6-7-21-35)38-33(41)42-34(2,3)4/h8,10-19,28-29H,5-7,9,20-23H2,1-4H3,(H,38,41). The fourth-order valence-electron chi connectivity index (χ4n) is 6.11. The van der Waals surface area contributed by atoms with E-state index in [1.54, 1.807) is 12.1 Å². The van der Waals surface area contributed by atoms with Crippen LogP contribution >= 0.6 is 0 Å². The quantitative estimate of drug-likeness (QED) is 0.266. The molecule has 0 radical (unpaired) electrons. The number of benzene rings is 2. The Labute approximate surface area is 248 Å². The number of hydrogen-bond donors (Lipinski definition) is 1. The fraction of sp³-hybridized carbons (Fsp3) is 0.457. The van der Waals surface area contributed by atoms with Crippen molar-refractivity contribution in [3.05, 3.63) is 83.9 Å². The molecule has 2 amide bonds. The monoisotopic (exact) mass is 571 g/mol. The summed E-state index contributed by atoms with van der Waals surface area (Å²) in [5.41, 5.74) is 3.69. The summed E-state index contributed by atoms with van der Waals surface area (Å²) in [5, 5.41) is 3.15. The predicted molar refractivity (Wildman–Crippen MR) is 164 cm³/mol. The van der Waals surface area contributed by atoms with Gasteiger partial charge in [-0.3, -0.25) is 4.79 Å². The Hall–Kier alpha value is -3.74. The first-order valence-electron chi connectivity index (χ1n) is 15.2. The van der Waals surface area contributed by atoms with E-state index in [1.165, 1.54) is 11.6 Å². The topological polar surface area (TPSA) is 71.5 Å². The number of carbonyl (C=O) groups is 2. The molecule has 7 heteroatoms. The van der Waals surface area contributed by atoms with Gasteiger partial charge in [-0.2, -0.15) is 4.39 Å². The molecule has 42 heavy (non-hydrogen) atoms. The number of hydrogen-bond acceptors (Lipinski definition) is 4. The van der Waals surface area contributed by atoms with Crippen molar-refractivity contribution < 1.29 is 18.7 Å². The van der Waals surface area contributed by atoms with Crippen molar-refractivity contribution in [2.45, 2.75) is 89.7 Å². The molecule has 1 heterocycles. The second-order valence-electron chi connectivity index (χ2n) is 12.9. The van der Waals surface area contributed by atoms with Crippen molar-refractivity contribution in [1.82, 2.24) is 10.3 Å². The molecule has 222 valence electrons. The van der Waals surface area contributed by atoms with Crippen LogP contribution in [-0.4, -0.2) is 34.7 Å². The SMILES string of the molecule is CCCc1ccc(-c2ccc(N(CC3(NC(=O)OC(C)(C)C)CCCC3)C(=O)C3CC3c3cccc(F)n3)cc2)cc1. The predicted octanol–water partition coefficient (Wildman–Crippen LogP) is 7.81. The molecule has 2 unspecified atom stereocenters. The molecular weight excluding hydrogens is 529 g/mol. The number of rotatable bonds is 9. The van der Waals surface area contributed by atoms with E-state index in [4.69, 9.17) is 4.74 Å². The van der Waals surface area contributed by atoms with Crippen molar-refractivity contribution in [1.29, 1.82) is 0 Å². The Balaban J connectivity index is 1.41. The highest BCUT2D eigenvalue weighted by molar-refractivity contribution is 5.98. The van der Waals surface area contributed by atoms with Crippen molar-refractivity contribution in [3.63, 3.8) is 0 Å². The summed E-state index contributed by atoms with van der Waals surface area (Å²) in [7, 11) is 0. The van der Waals surface area contributed by atoms with Crippen LogP contribution < -0.4 is 10.2 Å². The zero-order valence-electron chi connectivity index (χ0n) is 25.2. The number of anilines is 1. The minimum atomic E-state index is -0.622. The van der Waals surface area contributed by atoms with E-state index in [0.29, 0.717) is 18.7 Å². The average molecular weight is 572 g/mol. The lowest BCUT2D eigenvalue weighted by Crippen LogP contribution is -2.56. The first kappa shape index (κ1) is 29.7. The molecule has 0 bridgehead atoms. The third kappa shape index (κ3) is 7.18. The zero-order valence-corrected chi connectivity index (χ0v) is 25.2. The summed E-state index contributed by atoms with van der Waals surface area (Å²) in [5.74, 6) is -0.966. The van der Waals surface area contributed by atoms with Gasteiger partial charge in [0.2, 0.25) is 11.9 Å². The van der Waals surface area contributed by atoms with E-state index < -0.39 is 23.2 Å². The second kappa shape index (κ2) is 12.2. The molecule has 2 fully saturated rings. The van der Waals surface area contributed by atoms with Crippen molar-refractivity contribution in [3.8, 4) is 11.1 Å². The highest BCUT2D eigenvalue weighted by Gasteiger charge is 2.49. The van der Waals surface area contributed by atoms with E-state index in [9.17, 15) is 14.0 Å². The number of amides is 2. The number of halogens is 1. The Morgan fingerprint density at radius 1 is 1.00 bits per heavy atom. The minimum Gasteiger partial charge on any atom is -0.444 e. The van der Waals surface area contributed by atoms with Crippen molar-refractivity contribution in [2.24, 2.45) is 5.92 Å². The van der Waals surface area contributed by atoms with E-state index in [2.05, 4.69) is 41.5 Å². The normalized spacial score (nSPS) is 19.3. The third-order valence-corrected chi connectivity index (χ3v) is 8.28. The number of nitrogens with zero attached hydrogens (tertiary/aromatic N) is 2. The van der Waals surface area contributed by atoms with Crippen LogP contribution in [-0.2, 0) is 16.0 Å². The van der Waals surface area contributed by atoms with E-state index >= 15 is 0 Å². The number of aromatic nitrogens is 1. The smallest absolute Gasteiger partial charge is 0.408 e. The first-order valence-corrected chi connectivity index (χ1v) is 15.2. The average Bonchev–Trinajstić information content (AvgIpc) is 3.63. The Kier molecular flexibility index (Phi) is 8.67. The zero-order chi connectivity index (χ0) is 29.9.